The van der Waals surface area contributed by atoms with Crippen LogP contribution in [0.25, 0.3) is 0 Å². The third kappa shape index (κ3) is 3.04. The van der Waals surface area contributed by atoms with Gasteiger partial charge in [0.1, 0.15) is 0 Å². The van der Waals surface area contributed by atoms with E-state index < -0.39 is 11.4 Å². The Balaban J connectivity index is 2.19. The fraction of sp³-hybridized carbons (Fsp3) is 0.636. The highest BCUT2D eigenvalue weighted by atomic mass is 35.5. The Labute approximate surface area is 104 Å². The van der Waals surface area contributed by atoms with Crippen molar-refractivity contribution in [2.75, 3.05) is 18.0 Å². The van der Waals surface area contributed by atoms with Gasteiger partial charge in [-0.1, -0.05) is 0 Å². The van der Waals surface area contributed by atoms with Crippen molar-refractivity contribution in [1.29, 1.82) is 0 Å². The Morgan fingerprint density at radius 3 is 3.00 bits per heavy atom. The largest absolute Gasteiger partial charge is 0.390 e. The van der Waals surface area contributed by atoms with Gasteiger partial charge in [-0.25, -0.2) is 9.37 Å². The van der Waals surface area contributed by atoms with E-state index in [2.05, 4.69) is 9.97 Å². The van der Waals surface area contributed by atoms with Gasteiger partial charge in [-0.3, -0.25) is 0 Å². The molecule has 1 aromatic rings. The van der Waals surface area contributed by atoms with E-state index in [1.54, 1.807) is 6.92 Å². The summed E-state index contributed by atoms with van der Waals surface area (Å²) < 4.78 is 13.6. The zero-order valence-electron chi connectivity index (χ0n) is 9.66. The molecular weight excluding hydrogens is 245 g/mol. The minimum Gasteiger partial charge on any atom is -0.390 e. The number of hydrogen-bond acceptors (Lipinski definition) is 4. The van der Waals surface area contributed by atoms with Gasteiger partial charge in [0.15, 0.2) is 11.6 Å². The third-order valence-corrected chi connectivity index (χ3v) is 3.24. The summed E-state index contributed by atoms with van der Waals surface area (Å²) in [5.41, 5.74) is -0.679. The van der Waals surface area contributed by atoms with Crippen LogP contribution in [0.5, 0.6) is 0 Å². The molecule has 1 unspecified atom stereocenters. The molecule has 6 heteroatoms. The van der Waals surface area contributed by atoms with Crippen LogP contribution in [-0.2, 0) is 0 Å². The second kappa shape index (κ2) is 4.74. The van der Waals surface area contributed by atoms with Crippen LogP contribution in [0.2, 0.25) is 5.28 Å². The Bertz CT molecular complexity index is 414. The molecule has 1 atom stereocenters. The van der Waals surface area contributed by atoms with E-state index in [4.69, 9.17) is 11.6 Å². The molecule has 94 valence electrons. The van der Waals surface area contributed by atoms with Crippen LogP contribution in [0.4, 0.5) is 10.2 Å². The molecule has 1 aliphatic heterocycles. The molecule has 0 aromatic carbocycles. The van der Waals surface area contributed by atoms with E-state index in [1.807, 2.05) is 4.90 Å². The lowest BCUT2D eigenvalue weighted by Gasteiger charge is -2.23. The predicted octanol–water partition coefficient (Wildman–Crippen LogP) is 2.01. The number of rotatable bonds is 1. The monoisotopic (exact) mass is 259 g/mol. The van der Waals surface area contributed by atoms with Crippen molar-refractivity contribution in [1.82, 2.24) is 9.97 Å². The van der Waals surface area contributed by atoms with Gasteiger partial charge in [-0.2, -0.15) is 4.98 Å². The van der Waals surface area contributed by atoms with Crippen LogP contribution in [0.15, 0.2) is 6.20 Å². The van der Waals surface area contributed by atoms with E-state index in [0.717, 1.165) is 12.6 Å². The highest BCUT2D eigenvalue weighted by molar-refractivity contribution is 6.28. The zero-order valence-corrected chi connectivity index (χ0v) is 10.4. The van der Waals surface area contributed by atoms with E-state index in [0.29, 0.717) is 25.9 Å². The molecule has 17 heavy (non-hydrogen) atoms. The number of halogens is 2. The number of nitrogens with zero attached hydrogens (tertiary/aromatic N) is 3. The molecule has 1 aromatic heterocycles. The number of hydrogen-bond donors (Lipinski definition) is 1. The molecule has 0 amide bonds. The first kappa shape index (κ1) is 12.5. The molecule has 0 saturated carbocycles. The van der Waals surface area contributed by atoms with Crippen molar-refractivity contribution in [3.63, 3.8) is 0 Å². The van der Waals surface area contributed by atoms with Gasteiger partial charge in [-0.05, 0) is 37.8 Å². The maximum absolute atomic E-state index is 13.6. The fourth-order valence-corrected chi connectivity index (χ4v) is 2.16. The first-order valence-electron chi connectivity index (χ1n) is 5.63. The number of aliphatic hydroxyl groups is 1. The van der Waals surface area contributed by atoms with Crippen LogP contribution in [0.3, 0.4) is 0 Å². The van der Waals surface area contributed by atoms with Crippen molar-refractivity contribution in [3.8, 4) is 0 Å². The maximum atomic E-state index is 13.6. The average molecular weight is 260 g/mol. The van der Waals surface area contributed by atoms with Crippen molar-refractivity contribution in [2.24, 2.45) is 0 Å². The summed E-state index contributed by atoms with van der Waals surface area (Å²) in [4.78, 5) is 9.31. The molecular formula is C11H15ClFN3O. The lowest BCUT2D eigenvalue weighted by Crippen LogP contribution is -2.29. The van der Waals surface area contributed by atoms with Gasteiger partial charge in [0.25, 0.3) is 0 Å². The highest BCUT2D eigenvalue weighted by Gasteiger charge is 2.26. The third-order valence-electron chi connectivity index (χ3n) is 3.06. The topological polar surface area (TPSA) is 49.2 Å². The Morgan fingerprint density at radius 2 is 2.24 bits per heavy atom. The molecule has 0 spiro atoms. The second-order valence-corrected chi connectivity index (χ2v) is 4.99. The minimum absolute atomic E-state index is 0.0393. The van der Waals surface area contributed by atoms with Crippen LogP contribution in [-0.4, -0.2) is 33.8 Å². The Hall–Kier alpha value is -0.940. The van der Waals surface area contributed by atoms with Gasteiger partial charge >= 0.3 is 0 Å². The van der Waals surface area contributed by atoms with Gasteiger partial charge in [0, 0.05) is 13.1 Å². The highest BCUT2D eigenvalue weighted by Crippen LogP contribution is 2.25. The Morgan fingerprint density at radius 1 is 1.47 bits per heavy atom. The summed E-state index contributed by atoms with van der Waals surface area (Å²) in [6.07, 6.45) is 3.18. The van der Waals surface area contributed by atoms with E-state index >= 15 is 0 Å². The van der Waals surface area contributed by atoms with Crippen LogP contribution in [0, 0.1) is 5.82 Å². The van der Waals surface area contributed by atoms with Gasteiger partial charge < -0.3 is 10.0 Å². The van der Waals surface area contributed by atoms with Crippen LogP contribution >= 0.6 is 11.6 Å². The lowest BCUT2D eigenvalue weighted by molar-refractivity contribution is 0.0481. The van der Waals surface area contributed by atoms with Crippen LogP contribution in [0.1, 0.15) is 26.2 Å². The summed E-state index contributed by atoms with van der Waals surface area (Å²) in [5.74, 6) is -0.251. The molecule has 0 radical (unpaired) electrons. The second-order valence-electron chi connectivity index (χ2n) is 4.65. The summed E-state index contributed by atoms with van der Waals surface area (Å²) in [6.45, 7) is 3.04. The molecule has 1 fully saturated rings. The first-order valence-corrected chi connectivity index (χ1v) is 6.01. The van der Waals surface area contributed by atoms with E-state index in [1.165, 1.54) is 0 Å². The predicted molar refractivity (Wildman–Crippen MR) is 63.7 cm³/mol. The number of aromatic nitrogens is 2. The van der Waals surface area contributed by atoms with Gasteiger partial charge in [0.05, 0.1) is 11.8 Å². The first-order chi connectivity index (χ1) is 7.98. The lowest BCUT2D eigenvalue weighted by atomic mass is 9.98. The SMILES string of the molecule is CC1(O)CCCN(c2nc(Cl)ncc2F)CC1. The molecule has 1 saturated heterocycles. The zero-order chi connectivity index (χ0) is 12.5. The summed E-state index contributed by atoms with van der Waals surface area (Å²) >= 11 is 5.67. The molecule has 0 bridgehead atoms. The average Bonchev–Trinajstić information content (AvgIpc) is 2.43. The van der Waals surface area contributed by atoms with Gasteiger partial charge in [0.2, 0.25) is 5.28 Å². The van der Waals surface area contributed by atoms with E-state index in [-0.39, 0.29) is 11.1 Å². The molecule has 2 rings (SSSR count). The molecule has 2 heterocycles. The molecule has 0 aliphatic carbocycles. The molecule has 4 nitrogen and oxygen atoms in total. The van der Waals surface area contributed by atoms with Crippen molar-refractivity contribution < 1.29 is 9.50 Å². The number of anilines is 1. The van der Waals surface area contributed by atoms with Crippen molar-refractivity contribution >= 4 is 17.4 Å². The molecule has 1 aliphatic rings. The quantitative estimate of drug-likeness (QED) is 0.784. The normalized spacial score (nSPS) is 25.8. The van der Waals surface area contributed by atoms with Crippen LogP contribution < -0.4 is 4.90 Å². The standard InChI is InChI=1S/C11H15ClFN3O/c1-11(17)3-2-5-16(6-4-11)9-8(13)7-14-10(12)15-9/h7,17H,2-6H2,1H3. The fourth-order valence-electron chi connectivity index (χ4n) is 2.03. The van der Waals surface area contributed by atoms with Gasteiger partial charge in [-0.15, -0.1) is 0 Å². The molecule has 1 N–H and O–H groups in total. The Kier molecular flexibility index (Phi) is 3.49. The van der Waals surface area contributed by atoms with Crippen molar-refractivity contribution in [3.05, 3.63) is 17.3 Å². The minimum atomic E-state index is -0.679. The van der Waals surface area contributed by atoms with Crippen molar-refractivity contribution in [2.45, 2.75) is 31.8 Å². The summed E-state index contributed by atoms with van der Waals surface area (Å²) in [5, 5.41) is 10.0. The maximum Gasteiger partial charge on any atom is 0.224 e. The smallest absolute Gasteiger partial charge is 0.224 e. The summed E-state index contributed by atoms with van der Waals surface area (Å²) in [7, 11) is 0. The summed E-state index contributed by atoms with van der Waals surface area (Å²) in [6, 6.07) is 0. The van der Waals surface area contributed by atoms with E-state index in [9.17, 15) is 9.50 Å².